The van der Waals surface area contributed by atoms with Crippen LogP contribution in [0.3, 0.4) is 0 Å². The molecule has 0 aliphatic heterocycles. The Hall–Kier alpha value is -1.95. The lowest BCUT2D eigenvalue weighted by Crippen LogP contribution is -2.09. The third kappa shape index (κ3) is 3.33. The normalized spacial score (nSPS) is 12.7. The molecule has 0 saturated heterocycles. The number of aromatic nitrogens is 2. The van der Waals surface area contributed by atoms with E-state index in [9.17, 15) is 13.9 Å². The number of halogens is 2. The topological polar surface area (TPSA) is 47.3 Å². The van der Waals surface area contributed by atoms with Crippen molar-refractivity contribution in [1.29, 1.82) is 0 Å². The largest absolute Gasteiger partial charge is 0.435 e. The lowest BCUT2D eigenvalue weighted by Gasteiger charge is -2.14. The average molecular weight is 282 g/mol. The quantitative estimate of drug-likeness (QED) is 0.917. The monoisotopic (exact) mass is 282 g/mol. The molecule has 2 aromatic rings. The number of ether oxygens (including phenoxy) is 1. The summed E-state index contributed by atoms with van der Waals surface area (Å²) in [5.41, 5.74) is 2.54. The first kappa shape index (κ1) is 14.5. The number of hydrogen-bond donors (Lipinski definition) is 1. The predicted octanol–water partition coefficient (Wildman–Crippen LogP) is 2.83. The SMILES string of the molecule is Cc1ncn(CC(O)c2ccc(OC(F)F)cc2)c1C. The van der Waals surface area contributed by atoms with E-state index in [0.717, 1.165) is 11.4 Å². The second kappa shape index (κ2) is 6.00. The second-order valence-electron chi connectivity index (χ2n) is 4.53. The summed E-state index contributed by atoms with van der Waals surface area (Å²) in [4.78, 5) is 4.16. The molecule has 20 heavy (non-hydrogen) atoms. The summed E-state index contributed by atoms with van der Waals surface area (Å²) in [7, 11) is 0. The van der Waals surface area contributed by atoms with Gasteiger partial charge in [0, 0.05) is 5.69 Å². The van der Waals surface area contributed by atoms with E-state index in [-0.39, 0.29) is 5.75 Å². The van der Waals surface area contributed by atoms with Crippen molar-refractivity contribution in [2.24, 2.45) is 0 Å². The first-order chi connectivity index (χ1) is 9.47. The molecule has 0 bridgehead atoms. The van der Waals surface area contributed by atoms with Crippen LogP contribution in [0.1, 0.15) is 23.1 Å². The van der Waals surface area contributed by atoms with Crippen molar-refractivity contribution in [3.8, 4) is 5.75 Å². The highest BCUT2D eigenvalue weighted by molar-refractivity contribution is 5.28. The van der Waals surface area contributed by atoms with Gasteiger partial charge in [-0.3, -0.25) is 0 Å². The standard InChI is InChI=1S/C14H16F2N2O2/c1-9-10(2)18(8-17-9)7-13(19)11-3-5-12(6-4-11)20-14(15)16/h3-6,8,13-14,19H,7H2,1-2H3. The number of aliphatic hydroxyl groups excluding tert-OH is 1. The Labute approximate surface area is 115 Å². The van der Waals surface area contributed by atoms with Crippen LogP contribution in [0, 0.1) is 13.8 Å². The van der Waals surface area contributed by atoms with Gasteiger partial charge >= 0.3 is 6.61 Å². The minimum Gasteiger partial charge on any atom is -0.435 e. The second-order valence-corrected chi connectivity index (χ2v) is 4.53. The Balaban J connectivity index is 2.05. The molecule has 0 aliphatic rings. The van der Waals surface area contributed by atoms with Gasteiger partial charge < -0.3 is 14.4 Å². The lowest BCUT2D eigenvalue weighted by atomic mass is 10.1. The first-order valence-electron chi connectivity index (χ1n) is 6.18. The average Bonchev–Trinajstić information content (AvgIpc) is 2.71. The molecule has 2 rings (SSSR count). The summed E-state index contributed by atoms with van der Waals surface area (Å²) in [5.74, 6) is 0.0746. The molecule has 0 radical (unpaired) electrons. The van der Waals surface area contributed by atoms with Gasteiger partial charge in [-0.2, -0.15) is 8.78 Å². The van der Waals surface area contributed by atoms with E-state index in [1.165, 1.54) is 12.1 Å². The van der Waals surface area contributed by atoms with Crippen molar-refractivity contribution in [3.05, 3.63) is 47.5 Å². The third-order valence-corrected chi connectivity index (χ3v) is 3.20. The maximum absolute atomic E-state index is 12.0. The fraction of sp³-hybridized carbons (Fsp3) is 0.357. The van der Waals surface area contributed by atoms with Crippen molar-refractivity contribution in [1.82, 2.24) is 9.55 Å². The zero-order chi connectivity index (χ0) is 14.7. The number of aliphatic hydroxyl groups is 1. The molecule has 0 amide bonds. The minimum absolute atomic E-state index is 0.0746. The van der Waals surface area contributed by atoms with Crippen LogP contribution in [0.25, 0.3) is 0 Å². The van der Waals surface area contributed by atoms with E-state index in [0.29, 0.717) is 12.1 Å². The molecule has 108 valence electrons. The van der Waals surface area contributed by atoms with Crippen LogP contribution >= 0.6 is 0 Å². The van der Waals surface area contributed by atoms with E-state index in [1.807, 2.05) is 18.4 Å². The molecule has 1 unspecified atom stereocenters. The molecule has 1 N–H and O–H groups in total. The summed E-state index contributed by atoms with van der Waals surface area (Å²) in [6, 6.07) is 5.97. The Morgan fingerprint density at radius 1 is 1.25 bits per heavy atom. The van der Waals surface area contributed by atoms with E-state index in [2.05, 4.69) is 9.72 Å². The van der Waals surface area contributed by atoms with Crippen molar-refractivity contribution in [2.45, 2.75) is 33.1 Å². The van der Waals surface area contributed by atoms with Gasteiger partial charge in [0.25, 0.3) is 0 Å². The number of nitrogens with zero attached hydrogens (tertiary/aromatic N) is 2. The highest BCUT2D eigenvalue weighted by atomic mass is 19.3. The molecular formula is C14H16F2N2O2. The number of alkyl halides is 2. The molecule has 1 aromatic carbocycles. The Bertz CT molecular complexity index is 567. The fourth-order valence-electron chi connectivity index (χ4n) is 1.89. The maximum Gasteiger partial charge on any atom is 0.387 e. The summed E-state index contributed by atoms with van der Waals surface area (Å²) in [5, 5.41) is 10.1. The van der Waals surface area contributed by atoms with Gasteiger partial charge in [0.2, 0.25) is 0 Å². The molecule has 4 nitrogen and oxygen atoms in total. The molecule has 1 atom stereocenters. The van der Waals surface area contributed by atoms with Crippen molar-refractivity contribution < 1.29 is 18.6 Å². The van der Waals surface area contributed by atoms with Gasteiger partial charge in [0.1, 0.15) is 5.75 Å². The third-order valence-electron chi connectivity index (χ3n) is 3.20. The molecule has 0 fully saturated rings. The first-order valence-corrected chi connectivity index (χ1v) is 6.18. The molecular weight excluding hydrogens is 266 g/mol. The van der Waals surface area contributed by atoms with Gasteiger partial charge in [-0.1, -0.05) is 12.1 Å². The van der Waals surface area contributed by atoms with E-state index in [4.69, 9.17) is 0 Å². The molecule has 1 heterocycles. The molecule has 0 saturated carbocycles. The fourth-order valence-corrected chi connectivity index (χ4v) is 1.89. The van der Waals surface area contributed by atoms with Gasteiger partial charge in [-0.25, -0.2) is 4.98 Å². The summed E-state index contributed by atoms with van der Waals surface area (Å²) < 4.78 is 30.2. The van der Waals surface area contributed by atoms with Crippen LogP contribution in [0.2, 0.25) is 0 Å². The van der Waals surface area contributed by atoms with E-state index < -0.39 is 12.7 Å². The Kier molecular flexibility index (Phi) is 4.34. The van der Waals surface area contributed by atoms with Crippen LogP contribution in [0.15, 0.2) is 30.6 Å². The van der Waals surface area contributed by atoms with Crippen LogP contribution in [-0.4, -0.2) is 21.3 Å². The van der Waals surface area contributed by atoms with Crippen LogP contribution in [-0.2, 0) is 6.54 Å². The van der Waals surface area contributed by atoms with Crippen LogP contribution in [0.5, 0.6) is 5.75 Å². The van der Waals surface area contributed by atoms with E-state index in [1.54, 1.807) is 18.5 Å². The lowest BCUT2D eigenvalue weighted by molar-refractivity contribution is -0.0498. The smallest absolute Gasteiger partial charge is 0.387 e. The van der Waals surface area contributed by atoms with Gasteiger partial charge in [0.15, 0.2) is 0 Å². The Morgan fingerprint density at radius 3 is 2.40 bits per heavy atom. The van der Waals surface area contributed by atoms with Crippen LogP contribution in [0.4, 0.5) is 8.78 Å². The Morgan fingerprint density at radius 2 is 1.90 bits per heavy atom. The predicted molar refractivity (Wildman–Crippen MR) is 69.7 cm³/mol. The van der Waals surface area contributed by atoms with Gasteiger partial charge in [-0.15, -0.1) is 0 Å². The van der Waals surface area contributed by atoms with Gasteiger partial charge in [-0.05, 0) is 31.5 Å². The maximum atomic E-state index is 12.0. The summed E-state index contributed by atoms with van der Waals surface area (Å²) in [6.07, 6.45) is 0.935. The number of aryl methyl sites for hydroxylation is 1. The number of hydrogen-bond acceptors (Lipinski definition) is 3. The highest BCUT2D eigenvalue weighted by Gasteiger charge is 2.12. The summed E-state index contributed by atoms with van der Waals surface area (Å²) >= 11 is 0. The van der Waals surface area contributed by atoms with Crippen molar-refractivity contribution in [2.75, 3.05) is 0 Å². The zero-order valence-corrected chi connectivity index (χ0v) is 11.3. The summed E-state index contributed by atoms with van der Waals surface area (Å²) in [6.45, 7) is 1.34. The minimum atomic E-state index is -2.85. The molecule has 1 aromatic heterocycles. The number of benzene rings is 1. The van der Waals surface area contributed by atoms with Crippen molar-refractivity contribution >= 4 is 0 Å². The molecule has 0 aliphatic carbocycles. The zero-order valence-electron chi connectivity index (χ0n) is 11.3. The number of imidazole rings is 1. The van der Waals surface area contributed by atoms with E-state index >= 15 is 0 Å². The molecule has 6 heteroatoms. The van der Waals surface area contributed by atoms with Gasteiger partial charge in [0.05, 0.1) is 24.7 Å². The number of rotatable bonds is 5. The molecule has 0 spiro atoms. The van der Waals surface area contributed by atoms with Crippen molar-refractivity contribution in [3.63, 3.8) is 0 Å². The highest BCUT2D eigenvalue weighted by Crippen LogP contribution is 2.21. The van der Waals surface area contributed by atoms with Crippen LogP contribution < -0.4 is 4.74 Å².